The third kappa shape index (κ3) is 4.66. The number of aromatic hydroxyl groups is 1. The van der Waals surface area contributed by atoms with Gasteiger partial charge in [-0.3, -0.25) is 33.8 Å². The van der Waals surface area contributed by atoms with Crippen molar-refractivity contribution in [3.8, 4) is 5.75 Å². The molecule has 230 valence electrons. The highest BCUT2D eigenvalue weighted by Crippen LogP contribution is 2.52. The average Bonchev–Trinajstić information content (AvgIpc) is 2.88. The van der Waals surface area contributed by atoms with Gasteiger partial charge in [0.15, 0.2) is 34.7 Å². The number of likely N-dealkylation sites (N-methyl/N-ethyl adjacent to an activating group) is 1. The van der Waals surface area contributed by atoms with E-state index in [4.69, 9.17) is 5.73 Å². The number of carbonyl (C=O) groups excluding carboxylic acids is 5. The van der Waals surface area contributed by atoms with Gasteiger partial charge in [0.2, 0.25) is 5.91 Å². The zero-order valence-corrected chi connectivity index (χ0v) is 25.8. The number of rotatable bonds is 8. The van der Waals surface area contributed by atoms with Gasteiger partial charge in [-0.2, -0.15) is 0 Å². The Morgan fingerprint density at radius 1 is 1.10 bits per heavy atom. The number of ketones is 4. The number of phenolic OH excluding ortho intramolecular Hbond substituents is 1. The van der Waals surface area contributed by atoms with E-state index >= 15 is 0 Å². The molecule has 1 amide bonds. The molecule has 0 heterocycles. The number of carbonyl (C=O) groups is 5. The van der Waals surface area contributed by atoms with Gasteiger partial charge in [0, 0.05) is 38.3 Å². The molecule has 2 unspecified atom stereocenters. The van der Waals surface area contributed by atoms with Crippen LogP contribution in [0.2, 0.25) is 0 Å². The third-order valence-corrected chi connectivity index (χ3v) is 9.88. The molecule has 3 aliphatic carbocycles. The van der Waals surface area contributed by atoms with Crippen LogP contribution >= 0.6 is 0 Å². The van der Waals surface area contributed by atoms with Crippen LogP contribution in [0.1, 0.15) is 55.6 Å². The maximum Gasteiger partial charge on any atom is 0.235 e. The minimum atomic E-state index is -2.73. The van der Waals surface area contributed by atoms with E-state index in [0.717, 1.165) is 17.8 Å². The Morgan fingerprint density at radius 2 is 1.71 bits per heavy atom. The quantitative estimate of drug-likeness (QED) is 0.373. The van der Waals surface area contributed by atoms with Gasteiger partial charge in [-0.15, -0.1) is 0 Å². The maximum atomic E-state index is 14.1. The largest absolute Gasteiger partial charge is 0.507 e. The lowest BCUT2D eigenvalue weighted by atomic mass is 9.52. The standard InChI is InChI=1S/C31H44N4O7/c1-9-35(15(4)14(2)3)13-17-12-20(36)22-18(24(17)33(5)6)10-16-11-19-25(34(7)8)27(38)23(30(32)41)29(40)31(19,42)28(39)21(16)26(22)37/h12,14-16,19,21,23,25,36,42H,9-11,13H2,1-8H3,(H2,32,41)/t15-,16+,19+,21?,23?,25+,31+/m1/s1. The van der Waals surface area contributed by atoms with Crippen molar-refractivity contribution in [3.05, 3.63) is 22.8 Å². The molecule has 0 aromatic heterocycles. The Bertz CT molecular complexity index is 1340. The van der Waals surface area contributed by atoms with Crippen molar-refractivity contribution in [2.75, 3.05) is 39.6 Å². The number of benzene rings is 1. The molecule has 0 spiro atoms. The van der Waals surface area contributed by atoms with Gasteiger partial charge < -0.3 is 20.8 Å². The predicted molar refractivity (Wildman–Crippen MR) is 156 cm³/mol. The number of hydrogen-bond donors (Lipinski definition) is 3. The third-order valence-electron chi connectivity index (χ3n) is 9.88. The predicted octanol–water partition coefficient (Wildman–Crippen LogP) is 0.799. The second kappa shape index (κ2) is 11.2. The fourth-order valence-corrected chi connectivity index (χ4v) is 7.59. The van der Waals surface area contributed by atoms with Crippen molar-refractivity contribution in [1.29, 1.82) is 0 Å². The lowest BCUT2D eigenvalue weighted by molar-refractivity contribution is -0.181. The number of aliphatic hydroxyl groups is 1. The van der Waals surface area contributed by atoms with E-state index in [0.29, 0.717) is 18.0 Å². The lowest BCUT2D eigenvalue weighted by Crippen LogP contribution is -2.74. The van der Waals surface area contributed by atoms with Crippen molar-refractivity contribution in [1.82, 2.24) is 9.80 Å². The number of nitrogens with zero attached hydrogens (tertiary/aromatic N) is 3. The maximum absolute atomic E-state index is 14.1. The molecular weight excluding hydrogens is 540 g/mol. The van der Waals surface area contributed by atoms with Crippen molar-refractivity contribution >= 4 is 34.7 Å². The molecule has 2 saturated carbocycles. The summed E-state index contributed by atoms with van der Waals surface area (Å²) in [4.78, 5) is 72.7. The second-order valence-electron chi connectivity index (χ2n) is 13.0. The highest BCUT2D eigenvalue weighted by atomic mass is 16.3. The molecule has 11 heteroatoms. The van der Waals surface area contributed by atoms with E-state index in [1.54, 1.807) is 20.2 Å². The molecule has 0 bridgehead atoms. The monoisotopic (exact) mass is 584 g/mol. The van der Waals surface area contributed by atoms with E-state index in [9.17, 15) is 34.2 Å². The zero-order chi connectivity index (χ0) is 31.6. The number of phenols is 1. The molecule has 4 rings (SSSR count). The molecule has 1 aromatic rings. The minimum Gasteiger partial charge on any atom is -0.507 e. The van der Waals surface area contributed by atoms with Crippen molar-refractivity contribution in [3.63, 3.8) is 0 Å². The van der Waals surface area contributed by atoms with Gasteiger partial charge in [-0.1, -0.05) is 20.8 Å². The summed E-state index contributed by atoms with van der Waals surface area (Å²) in [6.07, 6.45) is 0.250. The number of nitrogens with two attached hydrogens (primary N) is 1. The van der Waals surface area contributed by atoms with Crippen molar-refractivity contribution in [2.24, 2.45) is 35.3 Å². The summed E-state index contributed by atoms with van der Waals surface area (Å²) in [6, 6.07) is 0.703. The lowest BCUT2D eigenvalue weighted by Gasteiger charge is -2.52. The molecule has 11 nitrogen and oxygen atoms in total. The Kier molecular flexibility index (Phi) is 8.45. The Labute approximate surface area is 247 Å². The van der Waals surface area contributed by atoms with Crippen LogP contribution in [0.4, 0.5) is 5.69 Å². The zero-order valence-electron chi connectivity index (χ0n) is 25.8. The second-order valence-corrected chi connectivity index (χ2v) is 13.0. The van der Waals surface area contributed by atoms with E-state index in [1.807, 2.05) is 19.0 Å². The van der Waals surface area contributed by atoms with Gasteiger partial charge in [-0.05, 0) is 69.4 Å². The van der Waals surface area contributed by atoms with Gasteiger partial charge in [0.25, 0.3) is 0 Å². The van der Waals surface area contributed by atoms with Crippen LogP contribution in [-0.2, 0) is 32.1 Å². The summed E-state index contributed by atoms with van der Waals surface area (Å²) in [6.45, 7) is 9.85. The molecule has 0 radical (unpaired) electrons. The van der Waals surface area contributed by atoms with E-state index in [-0.39, 0.29) is 30.2 Å². The van der Waals surface area contributed by atoms with E-state index in [2.05, 4.69) is 32.6 Å². The average molecular weight is 585 g/mol. The Balaban J connectivity index is 1.86. The molecule has 0 saturated heterocycles. The summed E-state index contributed by atoms with van der Waals surface area (Å²) < 4.78 is 0. The topological polar surface area (TPSA) is 162 Å². The molecular formula is C31H44N4O7. The first-order valence-electron chi connectivity index (χ1n) is 14.6. The normalized spacial score (nSPS) is 30.0. The highest BCUT2D eigenvalue weighted by Gasteiger charge is 2.69. The Hall–Kier alpha value is -3.15. The van der Waals surface area contributed by atoms with Gasteiger partial charge in [0.05, 0.1) is 17.5 Å². The summed E-state index contributed by atoms with van der Waals surface area (Å²) in [5, 5.41) is 23.0. The fraction of sp³-hybridized carbons (Fsp3) is 0.645. The summed E-state index contributed by atoms with van der Waals surface area (Å²) in [5.41, 5.74) is 4.90. The van der Waals surface area contributed by atoms with Crippen molar-refractivity contribution < 1.29 is 34.2 Å². The van der Waals surface area contributed by atoms with Crippen molar-refractivity contribution in [2.45, 2.75) is 64.8 Å². The number of Topliss-reactive ketones (excluding diaryl/α,β-unsaturated/α-hetero) is 4. The molecule has 1 aromatic carbocycles. The summed E-state index contributed by atoms with van der Waals surface area (Å²) >= 11 is 0. The highest BCUT2D eigenvalue weighted by molar-refractivity contribution is 6.32. The number of amides is 1. The van der Waals surface area contributed by atoms with Crippen LogP contribution in [0.5, 0.6) is 5.75 Å². The van der Waals surface area contributed by atoms with Gasteiger partial charge in [-0.25, -0.2) is 0 Å². The molecule has 0 aliphatic heterocycles. The number of primary amides is 1. The summed E-state index contributed by atoms with van der Waals surface area (Å²) in [5.74, 6) is -10.0. The van der Waals surface area contributed by atoms with E-state index in [1.165, 1.54) is 4.90 Å². The van der Waals surface area contributed by atoms with E-state index < -0.39 is 64.4 Å². The minimum absolute atomic E-state index is 0.00834. The van der Waals surface area contributed by atoms with Crippen LogP contribution in [0, 0.1) is 29.6 Å². The molecule has 2 fully saturated rings. The number of fused-ring (bicyclic) bond motifs is 3. The first-order valence-corrected chi connectivity index (χ1v) is 14.6. The number of hydrogen-bond acceptors (Lipinski definition) is 10. The van der Waals surface area contributed by atoms with Crippen LogP contribution in [-0.4, -0.2) is 101 Å². The first-order chi connectivity index (χ1) is 19.5. The molecule has 4 N–H and O–H groups in total. The van der Waals surface area contributed by atoms with Crippen LogP contribution in [0.25, 0.3) is 0 Å². The SMILES string of the molecule is CCN(Cc1cc(O)c2c(c1N(C)C)C[C@H]1C[C@H]3[C@H](N(C)C)C(=O)C(C(N)=O)C(=O)[C@@]3(O)C(=O)C1C2=O)[C@H](C)C(C)C. The summed E-state index contributed by atoms with van der Waals surface area (Å²) in [7, 11) is 6.87. The Morgan fingerprint density at radius 3 is 2.21 bits per heavy atom. The van der Waals surface area contributed by atoms with Crippen LogP contribution in [0.15, 0.2) is 6.07 Å². The smallest absolute Gasteiger partial charge is 0.235 e. The van der Waals surface area contributed by atoms with Gasteiger partial charge in [0.1, 0.15) is 5.75 Å². The van der Waals surface area contributed by atoms with Crippen LogP contribution < -0.4 is 10.6 Å². The number of anilines is 1. The molecule has 42 heavy (non-hydrogen) atoms. The van der Waals surface area contributed by atoms with Crippen LogP contribution in [0.3, 0.4) is 0 Å². The fourth-order valence-electron chi connectivity index (χ4n) is 7.59. The first kappa shape index (κ1) is 31.8. The van der Waals surface area contributed by atoms with Gasteiger partial charge >= 0.3 is 0 Å². The molecule has 7 atom stereocenters. The molecule has 3 aliphatic rings.